The number of nitrogens with zero attached hydrogens (tertiary/aromatic N) is 4. The van der Waals surface area contributed by atoms with Crippen LogP contribution in [0.1, 0.15) is 0 Å². The third-order valence-electron chi connectivity index (χ3n) is 7.17. The fourth-order valence-corrected chi connectivity index (χ4v) is 5.52. The number of pyridine rings is 2. The Kier molecular flexibility index (Phi) is 5.64. The van der Waals surface area contributed by atoms with Crippen molar-refractivity contribution in [2.45, 2.75) is 0 Å². The molecule has 0 atom stereocenters. The molecule has 0 bridgehead atoms. The molecule has 0 aliphatic carbocycles. The Morgan fingerprint density at radius 2 is 1.28 bits per heavy atom. The summed E-state index contributed by atoms with van der Waals surface area (Å²) in [5.74, 6) is 0.874. The number of hydrogen-bond donors (Lipinski definition) is 0. The molecule has 8 rings (SSSR count). The summed E-state index contributed by atoms with van der Waals surface area (Å²) < 4.78 is 6.43. The Bertz CT molecular complexity index is 2130. The summed E-state index contributed by atoms with van der Waals surface area (Å²) in [6, 6.07) is 45.0. The van der Waals surface area contributed by atoms with Gasteiger partial charge in [0.2, 0.25) is 0 Å². The molecule has 0 aliphatic heterocycles. The van der Waals surface area contributed by atoms with Gasteiger partial charge in [0.1, 0.15) is 12.0 Å². The summed E-state index contributed by atoms with van der Waals surface area (Å²) in [6.07, 6.45) is 7.09. The van der Waals surface area contributed by atoms with Gasteiger partial charge in [-0.25, -0.2) is 4.98 Å². The Morgan fingerprint density at radius 3 is 2.00 bits per heavy atom. The van der Waals surface area contributed by atoms with Gasteiger partial charge in [0.25, 0.3) is 0 Å². The molecule has 0 fully saturated rings. The zero-order chi connectivity index (χ0) is 25.1. The first-order chi connectivity index (χ1) is 18.9. The SMILES string of the molecule is [Pt].[c-]1c(-[n+]2[c-]cccc2)ccc2c3ccccc3n(-c3[c-]c4c(cc3)c3ccccc3n4-c3ccccn3)c12. The van der Waals surface area contributed by atoms with Gasteiger partial charge in [0, 0.05) is 44.0 Å². The second kappa shape index (κ2) is 9.34. The predicted octanol–water partition coefficient (Wildman–Crippen LogP) is 6.95. The molecular weight excluding hydrogens is 659 g/mol. The number of hydrogen-bond acceptors (Lipinski definition) is 1. The molecule has 4 aromatic carbocycles. The minimum absolute atomic E-state index is 0. The molecule has 0 saturated heterocycles. The zero-order valence-electron chi connectivity index (χ0n) is 20.7. The van der Waals surface area contributed by atoms with Crippen LogP contribution in [0.25, 0.3) is 60.8 Å². The van der Waals surface area contributed by atoms with Gasteiger partial charge in [0.15, 0.2) is 0 Å². The molecule has 0 spiro atoms. The maximum Gasteiger partial charge on any atom is 0.150 e. The molecule has 0 amide bonds. The van der Waals surface area contributed by atoms with Crippen molar-refractivity contribution in [2.75, 3.05) is 0 Å². The van der Waals surface area contributed by atoms with Crippen LogP contribution in [-0.4, -0.2) is 14.1 Å². The van der Waals surface area contributed by atoms with E-state index in [1.807, 2.05) is 53.4 Å². The second-order valence-corrected chi connectivity index (χ2v) is 9.30. The fraction of sp³-hybridized carbons (Fsp3) is 0. The minimum atomic E-state index is 0. The van der Waals surface area contributed by atoms with E-state index < -0.39 is 0 Å². The number of rotatable bonds is 3. The summed E-state index contributed by atoms with van der Waals surface area (Å²) in [7, 11) is 0. The van der Waals surface area contributed by atoms with E-state index in [1.165, 1.54) is 10.8 Å². The van der Waals surface area contributed by atoms with Crippen LogP contribution in [0.5, 0.6) is 0 Å². The van der Waals surface area contributed by atoms with Crippen LogP contribution in [0.2, 0.25) is 0 Å². The average molecular weight is 680 g/mol. The standard InChI is InChI=1S/C34H20N4.Pt/c1-8-20-36(21-9-1)24-15-17-28-26-10-2-4-12-30(26)37(32(28)22-24)25-16-18-29-27-11-3-5-13-31(27)38(33(29)23-25)34-14-6-7-19-35-34;/h1-20H;/q-2;. The largest absolute Gasteiger partial charge is 0.359 e. The maximum absolute atomic E-state index is 4.68. The molecule has 4 aromatic heterocycles. The van der Waals surface area contributed by atoms with Crippen molar-refractivity contribution in [3.05, 3.63) is 140 Å². The van der Waals surface area contributed by atoms with Gasteiger partial charge in [-0.2, -0.15) is 12.1 Å². The Hall–Kier alpha value is -4.53. The van der Waals surface area contributed by atoms with Crippen LogP contribution in [0, 0.1) is 18.3 Å². The Labute approximate surface area is 239 Å². The Balaban J connectivity index is 0.00000253. The summed E-state index contributed by atoms with van der Waals surface area (Å²) in [6.45, 7) is 0. The van der Waals surface area contributed by atoms with Crippen LogP contribution in [0.15, 0.2) is 122 Å². The molecule has 0 unspecified atom stereocenters. The van der Waals surface area contributed by atoms with Crippen molar-refractivity contribution >= 4 is 43.6 Å². The fourth-order valence-electron chi connectivity index (χ4n) is 5.52. The quantitative estimate of drug-likeness (QED) is 0.147. The van der Waals surface area contributed by atoms with Crippen LogP contribution < -0.4 is 4.57 Å². The van der Waals surface area contributed by atoms with E-state index in [0.717, 1.165) is 50.0 Å². The normalized spacial score (nSPS) is 11.4. The number of aromatic nitrogens is 4. The third kappa shape index (κ3) is 3.64. The van der Waals surface area contributed by atoms with Gasteiger partial charge in [-0.15, -0.1) is 41.1 Å². The van der Waals surface area contributed by atoms with E-state index in [-0.39, 0.29) is 21.1 Å². The smallest absolute Gasteiger partial charge is 0.150 e. The summed E-state index contributed by atoms with van der Waals surface area (Å²) in [5.41, 5.74) is 6.13. The maximum atomic E-state index is 4.68. The minimum Gasteiger partial charge on any atom is -0.359 e. The van der Waals surface area contributed by atoms with Crippen molar-refractivity contribution in [3.8, 4) is 17.2 Å². The van der Waals surface area contributed by atoms with E-state index in [9.17, 15) is 0 Å². The number of benzene rings is 4. The van der Waals surface area contributed by atoms with Crippen molar-refractivity contribution in [1.82, 2.24) is 14.1 Å². The molecule has 188 valence electrons. The van der Waals surface area contributed by atoms with Crippen molar-refractivity contribution in [1.29, 1.82) is 0 Å². The Morgan fingerprint density at radius 1 is 0.590 bits per heavy atom. The molecule has 4 nitrogen and oxygen atoms in total. The molecule has 8 aromatic rings. The van der Waals surface area contributed by atoms with Crippen LogP contribution in [0.4, 0.5) is 0 Å². The molecule has 0 radical (unpaired) electrons. The van der Waals surface area contributed by atoms with Crippen molar-refractivity contribution < 1.29 is 25.6 Å². The van der Waals surface area contributed by atoms with Gasteiger partial charge in [-0.05, 0) is 35.0 Å². The first-order valence-electron chi connectivity index (χ1n) is 12.6. The third-order valence-corrected chi connectivity index (χ3v) is 7.17. The van der Waals surface area contributed by atoms with E-state index in [4.69, 9.17) is 0 Å². The van der Waals surface area contributed by atoms with Crippen LogP contribution in [0.3, 0.4) is 0 Å². The van der Waals surface area contributed by atoms with Crippen LogP contribution >= 0.6 is 0 Å². The average Bonchev–Trinajstić information content (AvgIpc) is 3.50. The predicted molar refractivity (Wildman–Crippen MR) is 151 cm³/mol. The first-order valence-corrected chi connectivity index (χ1v) is 12.6. The second-order valence-electron chi connectivity index (χ2n) is 9.30. The number of para-hydroxylation sites is 2. The van der Waals surface area contributed by atoms with Crippen LogP contribution in [-0.2, 0) is 21.1 Å². The van der Waals surface area contributed by atoms with E-state index in [1.54, 1.807) is 0 Å². The molecule has 0 N–H and O–H groups in total. The molecule has 4 heterocycles. The number of fused-ring (bicyclic) bond motifs is 6. The molecule has 39 heavy (non-hydrogen) atoms. The van der Waals surface area contributed by atoms with Gasteiger partial charge >= 0.3 is 0 Å². The molecular formula is C34H20N4Pt-2. The van der Waals surface area contributed by atoms with Gasteiger partial charge < -0.3 is 13.7 Å². The topological polar surface area (TPSA) is 26.6 Å². The van der Waals surface area contributed by atoms with Crippen molar-refractivity contribution in [3.63, 3.8) is 0 Å². The monoisotopic (exact) mass is 679 g/mol. The zero-order valence-corrected chi connectivity index (χ0v) is 22.9. The van der Waals surface area contributed by atoms with Gasteiger partial charge in [0.05, 0.1) is 6.20 Å². The van der Waals surface area contributed by atoms with Gasteiger partial charge in [-0.1, -0.05) is 71.3 Å². The van der Waals surface area contributed by atoms with E-state index in [0.29, 0.717) is 0 Å². The summed E-state index contributed by atoms with van der Waals surface area (Å²) in [4.78, 5) is 4.68. The first kappa shape index (κ1) is 23.6. The molecule has 0 saturated carbocycles. The van der Waals surface area contributed by atoms with E-state index in [2.05, 4.69) is 105 Å². The van der Waals surface area contributed by atoms with Crippen molar-refractivity contribution in [2.24, 2.45) is 0 Å². The molecule has 5 heteroatoms. The summed E-state index contributed by atoms with van der Waals surface area (Å²) >= 11 is 0. The molecule has 0 aliphatic rings. The van der Waals surface area contributed by atoms with E-state index >= 15 is 0 Å². The summed E-state index contributed by atoms with van der Waals surface area (Å²) in [5, 5.41) is 4.67. The van der Waals surface area contributed by atoms with Gasteiger partial charge in [-0.3, -0.25) is 0 Å².